The van der Waals surface area contributed by atoms with Crippen molar-refractivity contribution in [1.29, 1.82) is 0 Å². The molecule has 1 fully saturated rings. The van der Waals surface area contributed by atoms with E-state index < -0.39 is 10.1 Å². The van der Waals surface area contributed by atoms with Crippen LogP contribution in [0.15, 0.2) is 23.1 Å². The van der Waals surface area contributed by atoms with Crippen LogP contribution in [0.1, 0.15) is 69.4 Å². The zero-order chi connectivity index (χ0) is 16.9. The largest absolute Gasteiger partial charge is 0.295 e. The van der Waals surface area contributed by atoms with Crippen LogP contribution in [0.5, 0.6) is 0 Å². The van der Waals surface area contributed by atoms with Gasteiger partial charge in [-0.1, -0.05) is 70.1 Å². The second kappa shape index (κ2) is 8.29. The third-order valence-electron chi connectivity index (χ3n) is 5.27. The van der Waals surface area contributed by atoms with Crippen molar-refractivity contribution in [3.05, 3.63) is 29.3 Å². The van der Waals surface area contributed by atoms with Gasteiger partial charge < -0.3 is 0 Å². The average Bonchev–Trinajstić information content (AvgIpc) is 2.48. The van der Waals surface area contributed by atoms with Crippen LogP contribution in [0.25, 0.3) is 0 Å². The molecule has 130 valence electrons. The van der Waals surface area contributed by atoms with Crippen molar-refractivity contribution in [2.75, 3.05) is 0 Å². The van der Waals surface area contributed by atoms with Crippen LogP contribution in [0.2, 0.25) is 0 Å². The molecule has 1 aromatic rings. The van der Waals surface area contributed by atoms with Crippen molar-refractivity contribution in [3.63, 3.8) is 0 Å². The standard InChI is InChI=1S/C19H30O3S/c1-3-6-16-11-13-17(14-12-16)8-5-10-18-9-4-7-15(2)19(18)23(20,21)22/h4,7,9,16-17H,3,5-6,8,10-14H2,1-2H3,(H,20,21,22). The second-order valence-corrected chi connectivity index (χ2v) is 8.46. The minimum Gasteiger partial charge on any atom is -0.282 e. The maximum atomic E-state index is 11.6. The Morgan fingerprint density at radius 3 is 2.26 bits per heavy atom. The van der Waals surface area contributed by atoms with Gasteiger partial charge in [-0.15, -0.1) is 0 Å². The van der Waals surface area contributed by atoms with E-state index in [9.17, 15) is 13.0 Å². The molecule has 4 heteroatoms. The van der Waals surface area contributed by atoms with Gasteiger partial charge >= 0.3 is 0 Å². The first-order chi connectivity index (χ1) is 10.9. The molecule has 1 aromatic carbocycles. The normalized spacial score (nSPS) is 22.2. The van der Waals surface area contributed by atoms with E-state index in [-0.39, 0.29) is 4.90 Å². The summed E-state index contributed by atoms with van der Waals surface area (Å²) in [5.41, 5.74) is 1.39. The van der Waals surface area contributed by atoms with Crippen molar-refractivity contribution in [3.8, 4) is 0 Å². The Kier molecular flexibility index (Phi) is 6.66. The van der Waals surface area contributed by atoms with Gasteiger partial charge in [-0.3, -0.25) is 4.55 Å². The number of hydrogen-bond acceptors (Lipinski definition) is 2. The quantitative estimate of drug-likeness (QED) is 0.698. The van der Waals surface area contributed by atoms with Crippen molar-refractivity contribution in [1.82, 2.24) is 0 Å². The van der Waals surface area contributed by atoms with Crippen LogP contribution < -0.4 is 0 Å². The molecule has 0 aromatic heterocycles. The second-order valence-electron chi connectivity index (χ2n) is 7.11. The molecule has 2 rings (SSSR count). The lowest BCUT2D eigenvalue weighted by molar-refractivity contribution is 0.249. The fraction of sp³-hybridized carbons (Fsp3) is 0.684. The monoisotopic (exact) mass is 338 g/mol. The molecule has 1 aliphatic rings. The molecule has 0 atom stereocenters. The van der Waals surface area contributed by atoms with Gasteiger partial charge in [0, 0.05) is 0 Å². The minimum absolute atomic E-state index is 0.117. The van der Waals surface area contributed by atoms with Crippen molar-refractivity contribution in [2.45, 2.75) is 76.5 Å². The molecule has 1 aliphatic carbocycles. The van der Waals surface area contributed by atoms with Gasteiger partial charge in [0.05, 0.1) is 4.90 Å². The Morgan fingerprint density at radius 2 is 1.70 bits per heavy atom. The van der Waals surface area contributed by atoms with E-state index in [1.165, 1.54) is 38.5 Å². The zero-order valence-corrected chi connectivity index (χ0v) is 15.2. The van der Waals surface area contributed by atoms with Crippen LogP contribution >= 0.6 is 0 Å². The van der Waals surface area contributed by atoms with Crippen molar-refractivity contribution < 1.29 is 13.0 Å². The Morgan fingerprint density at radius 1 is 1.09 bits per heavy atom. The average molecular weight is 339 g/mol. The summed E-state index contributed by atoms with van der Waals surface area (Å²) in [5, 5.41) is 0. The molecular formula is C19H30O3S. The fourth-order valence-corrected chi connectivity index (χ4v) is 5.05. The summed E-state index contributed by atoms with van der Waals surface area (Å²) in [6.07, 6.45) is 10.9. The molecule has 0 aliphatic heterocycles. The van der Waals surface area contributed by atoms with E-state index in [1.807, 2.05) is 12.1 Å². The summed E-state index contributed by atoms with van der Waals surface area (Å²) >= 11 is 0. The van der Waals surface area contributed by atoms with Crippen LogP contribution in [0.4, 0.5) is 0 Å². The molecule has 0 amide bonds. The summed E-state index contributed by atoms with van der Waals surface area (Å²) in [5.74, 6) is 1.72. The first kappa shape index (κ1) is 18.5. The van der Waals surface area contributed by atoms with Gasteiger partial charge in [-0.25, -0.2) is 0 Å². The fourth-order valence-electron chi connectivity index (χ4n) is 4.08. The summed E-state index contributed by atoms with van der Waals surface area (Å²) in [4.78, 5) is 0.117. The van der Waals surface area contributed by atoms with Gasteiger partial charge in [0.2, 0.25) is 0 Å². The summed E-state index contributed by atoms with van der Waals surface area (Å²) in [6, 6.07) is 5.44. The number of aryl methyl sites for hydroxylation is 2. The maximum Gasteiger partial charge on any atom is 0.295 e. The summed E-state index contributed by atoms with van der Waals surface area (Å²) in [6.45, 7) is 4.00. The zero-order valence-electron chi connectivity index (χ0n) is 14.4. The third kappa shape index (κ3) is 5.32. The smallest absolute Gasteiger partial charge is 0.282 e. The summed E-state index contributed by atoms with van der Waals surface area (Å²) < 4.78 is 32.6. The first-order valence-corrected chi connectivity index (χ1v) is 10.4. The van der Waals surface area contributed by atoms with Gasteiger partial charge in [-0.2, -0.15) is 8.42 Å². The van der Waals surface area contributed by atoms with Crippen molar-refractivity contribution >= 4 is 10.1 Å². The van der Waals surface area contributed by atoms with Crippen molar-refractivity contribution in [2.24, 2.45) is 11.8 Å². The lowest BCUT2D eigenvalue weighted by Gasteiger charge is -2.28. The third-order valence-corrected chi connectivity index (χ3v) is 6.37. The molecule has 1 saturated carbocycles. The highest BCUT2D eigenvalue weighted by Crippen LogP contribution is 2.34. The molecule has 0 saturated heterocycles. The molecule has 3 nitrogen and oxygen atoms in total. The van der Waals surface area contributed by atoms with E-state index in [0.29, 0.717) is 5.56 Å². The molecule has 0 radical (unpaired) electrons. The molecule has 0 unspecified atom stereocenters. The van der Waals surface area contributed by atoms with E-state index in [1.54, 1.807) is 13.0 Å². The molecule has 0 bridgehead atoms. The Balaban J connectivity index is 1.87. The van der Waals surface area contributed by atoms with Gasteiger partial charge in [0.25, 0.3) is 10.1 Å². The SMILES string of the molecule is CCCC1CCC(CCCc2cccc(C)c2S(=O)(=O)O)CC1. The van der Waals surface area contributed by atoms with Crippen LogP contribution in [-0.4, -0.2) is 13.0 Å². The Hall–Kier alpha value is -0.870. The first-order valence-electron chi connectivity index (χ1n) is 8.97. The Labute approximate surface area is 141 Å². The highest BCUT2D eigenvalue weighted by molar-refractivity contribution is 7.86. The summed E-state index contributed by atoms with van der Waals surface area (Å²) in [7, 11) is -4.13. The van der Waals surface area contributed by atoms with Crippen LogP contribution in [-0.2, 0) is 16.5 Å². The van der Waals surface area contributed by atoms with Gasteiger partial charge in [0.15, 0.2) is 0 Å². The lowest BCUT2D eigenvalue weighted by atomic mass is 9.78. The minimum atomic E-state index is -4.13. The molecule has 0 heterocycles. The van der Waals surface area contributed by atoms with Crippen LogP contribution in [0, 0.1) is 18.8 Å². The number of rotatable bonds is 7. The van der Waals surface area contributed by atoms with E-state index in [2.05, 4.69) is 6.92 Å². The predicted octanol–water partition coefficient (Wildman–Crippen LogP) is 5.17. The van der Waals surface area contributed by atoms with E-state index in [4.69, 9.17) is 0 Å². The molecule has 0 spiro atoms. The van der Waals surface area contributed by atoms with Gasteiger partial charge in [-0.05, 0) is 42.7 Å². The van der Waals surface area contributed by atoms with E-state index in [0.717, 1.165) is 36.7 Å². The number of benzene rings is 1. The van der Waals surface area contributed by atoms with E-state index >= 15 is 0 Å². The molecule has 1 N–H and O–H groups in total. The van der Waals surface area contributed by atoms with Crippen LogP contribution in [0.3, 0.4) is 0 Å². The number of hydrogen-bond donors (Lipinski definition) is 1. The lowest BCUT2D eigenvalue weighted by Crippen LogP contribution is -2.14. The molecular weight excluding hydrogens is 308 g/mol. The highest BCUT2D eigenvalue weighted by Gasteiger charge is 2.21. The predicted molar refractivity (Wildman–Crippen MR) is 94.3 cm³/mol. The molecule has 23 heavy (non-hydrogen) atoms. The maximum absolute atomic E-state index is 11.6. The topological polar surface area (TPSA) is 54.4 Å². The Bertz CT molecular complexity index is 599. The van der Waals surface area contributed by atoms with Gasteiger partial charge in [0.1, 0.15) is 0 Å². The highest BCUT2D eigenvalue weighted by atomic mass is 32.2.